The number of hydrogen-bond donors (Lipinski definition) is 3. The summed E-state index contributed by atoms with van der Waals surface area (Å²) >= 11 is 0. The number of fused-ring (bicyclic) bond motifs is 1. The molecule has 0 saturated carbocycles. The first-order valence-electron chi connectivity index (χ1n) is 6.93. The molecule has 0 aliphatic rings. The molecule has 3 N–H and O–H groups in total. The molecule has 1 aromatic carbocycles. The molecule has 2 atom stereocenters. The zero-order valence-corrected chi connectivity index (χ0v) is 12.2. The van der Waals surface area contributed by atoms with E-state index in [-0.39, 0.29) is 12.3 Å². The molecular formula is C13H13N7O4. The van der Waals surface area contributed by atoms with E-state index < -0.39 is 17.1 Å². The molecule has 24 heavy (non-hydrogen) atoms. The highest BCUT2D eigenvalue weighted by Crippen LogP contribution is 2.22. The van der Waals surface area contributed by atoms with Crippen molar-refractivity contribution < 1.29 is 15.1 Å². The lowest BCUT2D eigenvalue weighted by Crippen LogP contribution is -2.31. The van der Waals surface area contributed by atoms with Gasteiger partial charge in [-0.3, -0.25) is 10.1 Å². The Bertz CT molecular complexity index is 851. The van der Waals surface area contributed by atoms with Crippen molar-refractivity contribution in [3.8, 4) is 0 Å². The van der Waals surface area contributed by atoms with Crippen LogP contribution in [-0.2, 0) is 0 Å². The fourth-order valence-electron chi connectivity index (χ4n) is 2.17. The zero-order valence-electron chi connectivity index (χ0n) is 12.2. The molecule has 0 radical (unpaired) electrons. The largest absolute Gasteiger partial charge is 0.394 e. The summed E-state index contributed by atoms with van der Waals surface area (Å²) in [5, 5.41) is 48.4. The van der Waals surface area contributed by atoms with Crippen molar-refractivity contribution in [3.05, 3.63) is 52.1 Å². The summed E-state index contributed by atoms with van der Waals surface area (Å²) in [5.74, 6) is 0.356. The zero-order chi connectivity index (χ0) is 17.1. The molecule has 3 rings (SSSR count). The van der Waals surface area contributed by atoms with Crippen LogP contribution in [0.4, 0.5) is 11.5 Å². The molecule has 0 saturated heterocycles. The Morgan fingerprint density at radius 3 is 2.67 bits per heavy atom. The number of tetrazole rings is 1. The first-order chi connectivity index (χ1) is 11.6. The Morgan fingerprint density at radius 1 is 1.25 bits per heavy atom. The van der Waals surface area contributed by atoms with Crippen LogP contribution in [0.1, 0.15) is 11.7 Å². The molecule has 0 aliphatic heterocycles. The molecule has 0 aliphatic carbocycles. The van der Waals surface area contributed by atoms with Crippen molar-refractivity contribution in [1.29, 1.82) is 0 Å². The van der Waals surface area contributed by atoms with Crippen molar-refractivity contribution >= 4 is 17.2 Å². The second kappa shape index (κ2) is 6.52. The molecule has 2 aromatic heterocycles. The van der Waals surface area contributed by atoms with Gasteiger partial charge in [0.15, 0.2) is 5.65 Å². The molecule has 0 bridgehead atoms. The maximum atomic E-state index is 10.7. The smallest absolute Gasteiger partial charge is 0.269 e. The summed E-state index contributed by atoms with van der Waals surface area (Å²) < 4.78 is 1.20. The van der Waals surface area contributed by atoms with Gasteiger partial charge < -0.3 is 15.5 Å². The van der Waals surface area contributed by atoms with Crippen molar-refractivity contribution in [2.24, 2.45) is 0 Å². The SMILES string of the molecule is O=[N+]([O-])c1ccc([C@@H](O)[C@@H](CO)Nc2ccc3nnnn3n2)cc1. The summed E-state index contributed by atoms with van der Waals surface area (Å²) in [6.07, 6.45) is -1.10. The number of nitrogens with one attached hydrogen (secondary N) is 1. The molecule has 2 heterocycles. The Hall–Kier alpha value is -3.18. The van der Waals surface area contributed by atoms with Gasteiger partial charge in [0.25, 0.3) is 5.69 Å². The van der Waals surface area contributed by atoms with Crippen LogP contribution in [0.15, 0.2) is 36.4 Å². The summed E-state index contributed by atoms with van der Waals surface area (Å²) in [6, 6.07) is 7.92. The van der Waals surface area contributed by atoms with Crippen molar-refractivity contribution in [2.45, 2.75) is 12.1 Å². The summed E-state index contributed by atoms with van der Waals surface area (Å²) in [6.45, 7) is -0.381. The second-order valence-electron chi connectivity index (χ2n) is 4.97. The van der Waals surface area contributed by atoms with Gasteiger partial charge >= 0.3 is 0 Å². The molecule has 3 aromatic rings. The van der Waals surface area contributed by atoms with Gasteiger partial charge in [-0.2, -0.15) is 0 Å². The summed E-state index contributed by atoms with van der Waals surface area (Å²) in [7, 11) is 0. The highest BCUT2D eigenvalue weighted by Gasteiger charge is 2.21. The average Bonchev–Trinajstić information content (AvgIpc) is 3.07. The fourth-order valence-corrected chi connectivity index (χ4v) is 2.17. The number of aliphatic hydroxyl groups is 2. The number of rotatable bonds is 6. The lowest BCUT2D eigenvalue weighted by atomic mass is 10.0. The van der Waals surface area contributed by atoms with Gasteiger partial charge in [-0.15, -0.1) is 14.8 Å². The Morgan fingerprint density at radius 2 is 2.00 bits per heavy atom. The van der Waals surface area contributed by atoms with Gasteiger partial charge in [0, 0.05) is 12.1 Å². The maximum Gasteiger partial charge on any atom is 0.269 e. The Balaban J connectivity index is 1.77. The fraction of sp³-hybridized carbons (Fsp3) is 0.231. The van der Waals surface area contributed by atoms with Crippen LogP contribution in [0.5, 0.6) is 0 Å². The third-order valence-corrected chi connectivity index (χ3v) is 3.43. The third kappa shape index (κ3) is 3.11. The standard InChI is InChI=1S/C13H13N7O4/c21-7-10(13(22)8-1-3-9(4-2-8)20(23)24)14-11-5-6-12-15-17-18-19(12)16-11/h1-6,10,13,21-22H,7H2,(H,14,16)/t10-,13-/m1/s1. The number of nitrogens with zero attached hydrogens (tertiary/aromatic N) is 6. The average molecular weight is 331 g/mol. The van der Waals surface area contributed by atoms with Gasteiger partial charge in [-0.1, -0.05) is 0 Å². The topological polar surface area (TPSA) is 152 Å². The number of nitro groups is 1. The number of aromatic nitrogens is 5. The van der Waals surface area contributed by atoms with Crippen LogP contribution < -0.4 is 5.32 Å². The van der Waals surface area contributed by atoms with Gasteiger partial charge in [0.1, 0.15) is 11.9 Å². The predicted molar refractivity (Wildman–Crippen MR) is 81.1 cm³/mol. The van der Waals surface area contributed by atoms with E-state index in [1.54, 1.807) is 12.1 Å². The minimum atomic E-state index is -1.10. The van der Waals surface area contributed by atoms with Crippen LogP contribution in [-0.4, -0.2) is 53.0 Å². The summed E-state index contributed by atoms with van der Waals surface area (Å²) in [5.41, 5.74) is 0.804. The number of nitro benzene ring substituents is 1. The van der Waals surface area contributed by atoms with Crippen LogP contribution >= 0.6 is 0 Å². The minimum absolute atomic E-state index is 0.0785. The van der Waals surface area contributed by atoms with Gasteiger partial charge in [0.05, 0.1) is 17.6 Å². The highest BCUT2D eigenvalue weighted by molar-refractivity contribution is 5.43. The lowest BCUT2D eigenvalue weighted by Gasteiger charge is -2.22. The van der Waals surface area contributed by atoms with E-state index in [9.17, 15) is 20.3 Å². The first kappa shape index (κ1) is 15.7. The van der Waals surface area contributed by atoms with E-state index in [4.69, 9.17) is 0 Å². The number of anilines is 1. The van der Waals surface area contributed by atoms with Crippen molar-refractivity contribution in [2.75, 3.05) is 11.9 Å². The van der Waals surface area contributed by atoms with Crippen LogP contribution in [0.2, 0.25) is 0 Å². The van der Waals surface area contributed by atoms with Gasteiger partial charge in [0.2, 0.25) is 0 Å². The minimum Gasteiger partial charge on any atom is -0.394 e. The van der Waals surface area contributed by atoms with E-state index in [1.165, 1.54) is 28.9 Å². The van der Waals surface area contributed by atoms with Gasteiger partial charge in [-0.25, -0.2) is 0 Å². The molecule has 0 spiro atoms. The second-order valence-corrected chi connectivity index (χ2v) is 4.97. The molecule has 11 heteroatoms. The highest BCUT2D eigenvalue weighted by atomic mass is 16.6. The third-order valence-electron chi connectivity index (χ3n) is 3.43. The molecule has 0 unspecified atom stereocenters. The molecule has 124 valence electrons. The van der Waals surface area contributed by atoms with Crippen LogP contribution in [0, 0.1) is 10.1 Å². The van der Waals surface area contributed by atoms with E-state index in [0.717, 1.165) is 0 Å². The number of benzene rings is 1. The number of aliphatic hydroxyl groups excluding tert-OH is 2. The predicted octanol–water partition coefficient (Wildman–Crippen LogP) is -0.0661. The first-order valence-corrected chi connectivity index (χ1v) is 6.93. The summed E-state index contributed by atoms with van der Waals surface area (Å²) in [4.78, 5) is 10.1. The molecule has 11 nitrogen and oxygen atoms in total. The molecule has 0 amide bonds. The van der Waals surface area contributed by atoms with Crippen LogP contribution in [0.3, 0.4) is 0 Å². The lowest BCUT2D eigenvalue weighted by molar-refractivity contribution is -0.384. The Labute approximate surface area is 134 Å². The van der Waals surface area contributed by atoms with E-state index in [0.29, 0.717) is 17.0 Å². The quantitative estimate of drug-likeness (QED) is 0.416. The molecular weight excluding hydrogens is 318 g/mol. The Kier molecular flexibility index (Phi) is 4.26. The van der Waals surface area contributed by atoms with E-state index in [2.05, 4.69) is 25.9 Å². The van der Waals surface area contributed by atoms with Crippen molar-refractivity contribution in [1.82, 2.24) is 25.3 Å². The van der Waals surface area contributed by atoms with E-state index >= 15 is 0 Å². The van der Waals surface area contributed by atoms with Crippen molar-refractivity contribution in [3.63, 3.8) is 0 Å². The maximum absolute atomic E-state index is 10.7. The normalized spacial score (nSPS) is 13.6. The van der Waals surface area contributed by atoms with Gasteiger partial charge in [-0.05, 0) is 40.3 Å². The monoisotopic (exact) mass is 331 g/mol. The van der Waals surface area contributed by atoms with Crippen LogP contribution in [0.25, 0.3) is 5.65 Å². The number of non-ortho nitro benzene ring substituents is 1. The molecule has 0 fully saturated rings. The van der Waals surface area contributed by atoms with E-state index in [1.807, 2.05) is 0 Å². The number of hydrogen-bond acceptors (Lipinski definition) is 9.